The molecule has 100 valence electrons. The van der Waals surface area contributed by atoms with Crippen LogP contribution in [0.25, 0.3) is 0 Å². The van der Waals surface area contributed by atoms with E-state index in [9.17, 15) is 9.90 Å². The minimum absolute atomic E-state index is 0.346. The zero-order chi connectivity index (χ0) is 13.8. The number of carboxylic acid groups (broad SMARTS) is 1. The zero-order valence-electron chi connectivity index (χ0n) is 10.9. The summed E-state index contributed by atoms with van der Waals surface area (Å²) < 4.78 is 0. The molecule has 1 aromatic heterocycles. The minimum Gasteiger partial charge on any atom is -0.480 e. The summed E-state index contributed by atoms with van der Waals surface area (Å²) in [5, 5.41) is 18.1. The lowest BCUT2D eigenvalue weighted by atomic mass is 9.88. The van der Waals surface area contributed by atoms with Crippen molar-refractivity contribution in [3.63, 3.8) is 0 Å². The van der Waals surface area contributed by atoms with Gasteiger partial charge in [-0.1, -0.05) is 13.3 Å². The number of aliphatic carboxylic acids is 1. The number of pyridine rings is 1. The van der Waals surface area contributed by atoms with Crippen LogP contribution < -0.4 is 4.90 Å². The van der Waals surface area contributed by atoms with Crippen molar-refractivity contribution in [3.05, 3.63) is 24.0 Å². The van der Waals surface area contributed by atoms with Crippen LogP contribution >= 0.6 is 0 Å². The Balaban J connectivity index is 2.21. The summed E-state index contributed by atoms with van der Waals surface area (Å²) in [6, 6.07) is 4.87. The molecule has 2 rings (SSSR count). The predicted molar refractivity (Wildman–Crippen MR) is 70.7 cm³/mol. The highest BCUT2D eigenvalue weighted by molar-refractivity contribution is 5.78. The Kier molecular flexibility index (Phi) is 4.00. The van der Waals surface area contributed by atoms with Crippen molar-refractivity contribution in [1.82, 2.24) is 4.98 Å². The van der Waals surface area contributed by atoms with Crippen molar-refractivity contribution in [2.24, 2.45) is 5.92 Å². The second-order valence-electron chi connectivity index (χ2n) is 4.86. The van der Waals surface area contributed by atoms with E-state index in [-0.39, 0.29) is 0 Å². The van der Waals surface area contributed by atoms with Gasteiger partial charge in [0.1, 0.15) is 17.8 Å². The lowest BCUT2D eigenvalue weighted by Crippen LogP contribution is -2.47. The van der Waals surface area contributed by atoms with Gasteiger partial charge in [-0.2, -0.15) is 5.26 Å². The van der Waals surface area contributed by atoms with Crippen LogP contribution in [0.1, 0.15) is 31.9 Å². The second kappa shape index (κ2) is 5.70. The van der Waals surface area contributed by atoms with Crippen LogP contribution in [0.15, 0.2) is 18.3 Å². The summed E-state index contributed by atoms with van der Waals surface area (Å²) in [5.41, 5.74) is 1.13. The Bertz CT molecular complexity index is 492. The molecule has 1 aliphatic rings. The van der Waals surface area contributed by atoms with E-state index < -0.39 is 12.0 Å². The number of nitrogens with zero attached hydrogens (tertiary/aromatic N) is 3. The van der Waals surface area contributed by atoms with Gasteiger partial charge in [0.05, 0.1) is 11.9 Å². The van der Waals surface area contributed by atoms with E-state index in [2.05, 4.69) is 11.9 Å². The molecule has 1 N–H and O–H groups in total. The molecule has 0 saturated carbocycles. The molecular weight excluding hydrogens is 242 g/mol. The molecule has 0 bridgehead atoms. The summed E-state index contributed by atoms with van der Waals surface area (Å²) in [7, 11) is 0. The monoisotopic (exact) mass is 259 g/mol. The molecule has 2 atom stereocenters. The maximum absolute atomic E-state index is 11.4. The molecule has 1 aliphatic heterocycles. The molecule has 0 amide bonds. The molecule has 19 heavy (non-hydrogen) atoms. The highest BCUT2D eigenvalue weighted by atomic mass is 16.4. The fourth-order valence-electron chi connectivity index (χ4n) is 2.57. The number of rotatable bonds is 3. The minimum atomic E-state index is -0.789. The number of hydrogen-bond donors (Lipinski definition) is 1. The summed E-state index contributed by atoms with van der Waals surface area (Å²) in [6.45, 7) is 2.82. The van der Waals surface area contributed by atoms with E-state index in [0.29, 0.717) is 18.0 Å². The summed E-state index contributed by atoms with van der Waals surface area (Å²) in [5.74, 6) is -0.314. The van der Waals surface area contributed by atoms with E-state index in [0.717, 1.165) is 25.1 Å². The molecule has 0 aromatic carbocycles. The predicted octanol–water partition coefficient (Wildman–Crippen LogP) is 2.03. The lowest BCUT2D eigenvalue weighted by molar-refractivity contribution is -0.139. The normalized spacial score (nSPS) is 22.8. The fourth-order valence-corrected chi connectivity index (χ4v) is 2.57. The third kappa shape index (κ3) is 2.84. The largest absolute Gasteiger partial charge is 0.480 e. The van der Waals surface area contributed by atoms with Crippen LogP contribution in [0.3, 0.4) is 0 Å². The average Bonchev–Trinajstić information content (AvgIpc) is 2.46. The van der Waals surface area contributed by atoms with Gasteiger partial charge in [0.2, 0.25) is 0 Å². The molecule has 1 fully saturated rings. The van der Waals surface area contributed by atoms with Gasteiger partial charge in [-0.3, -0.25) is 0 Å². The molecule has 2 heterocycles. The van der Waals surface area contributed by atoms with E-state index in [1.165, 1.54) is 0 Å². The van der Waals surface area contributed by atoms with Gasteiger partial charge in [-0.05, 0) is 30.9 Å². The highest BCUT2D eigenvalue weighted by Gasteiger charge is 2.32. The lowest BCUT2D eigenvalue weighted by Gasteiger charge is -2.38. The number of piperidine rings is 1. The van der Waals surface area contributed by atoms with Gasteiger partial charge in [0.15, 0.2) is 0 Å². The Labute approximate surface area is 112 Å². The first-order valence-corrected chi connectivity index (χ1v) is 6.51. The topological polar surface area (TPSA) is 77.2 Å². The first-order valence-electron chi connectivity index (χ1n) is 6.51. The Morgan fingerprint density at radius 2 is 2.42 bits per heavy atom. The molecular formula is C14H17N3O2. The van der Waals surface area contributed by atoms with E-state index in [4.69, 9.17) is 5.26 Å². The zero-order valence-corrected chi connectivity index (χ0v) is 10.9. The van der Waals surface area contributed by atoms with Crippen molar-refractivity contribution in [2.75, 3.05) is 11.4 Å². The standard InChI is InChI=1S/C14H17N3O2/c1-2-10-5-6-17(13(7-10)14(18)19)12-4-3-11(8-15)16-9-12/h3-4,9-10,13H,2,5-7H2,1H3,(H,18,19). The molecule has 0 aliphatic carbocycles. The van der Waals surface area contributed by atoms with Crippen LogP contribution in [0, 0.1) is 17.2 Å². The SMILES string of the molecule is CCC1CCN(c2ccc(C#N)nc2)C(C(=O)O)C1. The summed E-state index contributed by atoms with van der Waals surface area (Å²) >= 11 is 0. The molecule has 2 unspecified atom stereocenters. The summed E-state index contributed by atoms with van der Waals surface area (Å²) in [4.78, 5) is 17.3. The Morgan fingerprint density at radius 3 is 2.95 bits per heavy atom. The van der Waals surface area contributed by atoms with Gasteiger partial charge in [-0.25, -0.2) is 9.78 Å². The van der Waals surface area contributed by atoms with Crippen LogP contribution in [0.4, 0.5) is 5.69 Å². The molecule has 5 heteroatoms. The fraction of sp³-hybridized carbons (Fsp3) is 0.500. The highest BCUT2D eigenvalue weighted by Crippen LogP contribution is 2.29. The number of carbonyl (C=O) groups is 1. The maximum atomic E-state index is 11.4. The number of anilines is 1. The van der Waals surface area contributed by atoms with Crippen LogP contribution in [0.2, 0.25) is 0 Å². The van der Waals surface area contributed by atoms with Crippen molar-refractivity contribution < 1.29 is 9.90 Å². The number of hydrogen-bond acceptors (Lipinski definition) is 4. The third-order valence-corrected chi connectivity index (χ3v) is 3.77. The van der Waals surface area contributed by atoms with Gasteiger partial charge < -0.3 is 10.0 Å². The van der Waals surface area contributed by atoms with Gasteiger partial charge in [0, 0.05) is 6.54 Å². The third-order valence-electron chi connectivity index (χ3n) is 3.77. The van der Waals surface area contributed by atoms with E-state index in [1.54, 1.807) is 18.3 Å². The first-order chi connectivity index (χ1) is 9.15. The Hall–Kier alpha value is -2.09. The maximum Gasteiger partial charge on any atom is 0.326 e. The molecule has 0 spiro atoms. The number of nitriles is 1. The van der Waals surface area contributed by atoms with Gasteiger partial charge in [0.25, 0.3) is 0 Å². The number of carboxylic acids is 1. The van der Waals surface area contributed by atoms with Crippen molar-refractivity contribution >= 4 is 11.7 Å². The van der Waals surface area contributed by atoms with Crippen LogP contribution in [-0.2, 0) is 4.79 Å². The summed E-state index contributed by atoms with van der Waals surface area (Å²) in [6.07, 6.45) is 4.27. The van der Waals surface area contributed by atoms with Crippen molar-refractivity contribution in [3.8, 4) is 6.07 Å². The van der Waals surface area contributed by atoms with Gasteiger partial charge >= 0.3 is 5.97 Å². The average molecular weight is 259 g/mol. The first kappa shape index (κ1) is 13.3. The quantitative estimate of drug-likeness (QED) is 0.898. The number of aromatic nitrogens is 1. The van der Waals surface area contributed by atoms with Crippen molar-refractivity contribution in [1.29, 1.82) is 5.26 Å². The molecule has 1 saturated heterocycles. The van der Waals surface area contributed by atoms with Gasteiger partial charge in [-0.15, -0.1) is 0 Å². The van der Waals surface area contributed by atoms with E-state index >= 15 is 0 Å². The van der Waals surface area contributed by atoms with Crippen LogP contribution in [0.5, 0.6) is 0 Å². The smallest absolute Gasteiger partial charge is 0.326 e. The van der Waals surface area contributed by atoms with Crippen LogP contribution in [-0.4, -0.2) is 28.6 Å². The molecule has 1 aromatic rings. The second-order valence-corrected chi connectivity index (χ2v) is 4.86. The van der Waals surface area contributed by atoms with Crippen molar-refractivity contribution in [2.45, 2.75) is 32.2 Å². The van der Waals surface area contributed by atoms with E-state index in [1.807, 2.05) is 11.0 Å². The molecule has 0 radical (unpaired) electrons. The Morgan fingerprint density at radius 1 is 1.63 bits per heavy atom. The molecule has 5 nitrogen and oxygen atoms in total.